The van der Waals surface area contributed by atoms with Crippen molar-refractivity contribution in [3.63, 3.8) is 0 Å². The van der Waals surface area contributed by atoms with E-state index in [1.54, 1.807) is 33.5 Å². The molecule has 0 amide bonds. The highest BCUT2D eigenvalue weighted by Gasteiger charge is 2.37. The van der Waals surface area contributed by atoms with Gasteiger partial charge in [-0.15, -0.1) is 0 Å². The van der Waals surface area contributed by atoms with Gasteiger partial charge in [-0.2, -0.15) is 0 Å². The van der Waals surface area contributed by atoms with Crippen molar-refractivity contribution in [3.8, 4) is 5.75 Å². The van der Waals surface area contributed by atoms with Crippen LogP contribution in [-0.4, -0.2) is 41.3 Å². The van der Waals surface area contributed by atoms with Crippen LogP contribution in [-0.2, 0) is 13.3 Å². The molecule has 1 aromatic rings. The Morgan fingerprint density at radius 3 is 2.33 bits per heavy atom. The lowest BCUT2D eigenvalue weighted by molar-refractivity contribution is 0.122. The van der Waals surface area contributed by atoms with Crippen molar-refractivity contribution >= 4 is 14.5 Å². The summed E-state index contributed by atoms with van der Waals surface area (Å²) in [6.45, 7) is 2.16. The van der Waals surface area contributed by atoms with Crippen LogP contribution in [0, 0.1) is 0 Å². The molecule has 0 aliphatic rings. The van der Waals surface area contributed by atoms with Gasteiger partial charge in [0.1, 0.15) is 5.75 Å². The molecule has 21 heavy (non-hydrogen) atoms. The van der Waals surface area contributed by atoms with Gasteiger partial charge >= 0.3 is 8.80 Å². The molecule has 0 heterocycles. The van der Waals surface area contributed by atoms with E-state index in [1.807, 2.05) is 12.1 Å². The molecule has 0 saturated heterocycles. The zero-order valence-electron chi connectivity index (χ0n) is 13.4. The molecule has 120 valence electrons. The van der Waals surface area contributed by atoms with Gasteiger partial charge in [-0.1, -0.05) is 19.4 Å². The van der Waals surface area contributed by atoms with Crippen molar-refractivity contribution in [1.29, 1.82) is 0 Å². The van der Waals surface area contributed by atoms with Gasteiger partial charge in [0.15, 0.2) is 0 Å². The maximum Gasteiger partial charge on any atom is 0.500 e. The zero-order valence-corrected chi connectivity index (χ0v) is 14.4. The van der Waals surface area contributed by atoms with E-state index in [4.69, 9.17) is 13.3 Å². The normalized spacial score (nSPS) is 13.1. The van der Waals surface area contributed by atoms with Gasteiger partial charge < -0.3 is 23.7 Å². The van der Waals surface area contributed by atoms with E-state index in [0.29, 0.717) is 6.04 Å². The molecular formula is C15H27NO4Si. The third-order valence-electron chi connectivity index (χ3n) is 3.59. The van der Waals surface area contributed by atoms with E-state index >= 15 is 0 Å². The van der Waals surface area contributed by atoms with Crippen molar-refractivity contribution in [2.24, 2.45) is 0 Å². The van der Waals surface area contributed by atoms with Crippen LogP contribution in [0.4, 0.5) is 5.69 Å². The highest BCUT2D eigenvalue weighted by atomic mass is 28.4. The first-order valence-electron chi connectivity index (χ1n) is 7.30. The number of nitrogens with one attached hydrogen (secondary N) is 1. The van der Waals surface area contributed by atoms with Crippen LogP contribution in [0.15, 0.2) is 24.3 Å². The molecule has 0 saturated carbocycles. The second kappa shape index (κ2) is 9.04. The average Bonchev–Trinajstić information content (AvgIpc) is 2.49. The first-order chi connectivity index (χ1) is 10.1. The number of hydrogen-bond donors (Lipinski definition) is 2. The minimum absolute atomic E-state index is 0.268. The van der Waals surface area contributed by atoms with Crippen molar-refractivity contribution in [2.75, 3.05) is 26.6 Å². The van der Waals surface area contributed by atoms with Crippen LogP contribution in [0.25, 0.3) is 0 Å². The fourth-order valence-corrected chi connectivity index (χ4v) is 4.19. The standard InChI is InChI=1S/C15H27NO4Si/c1-5-7-13(10-11-21(18-2,19-3)20-4)16-14-8-6-9-15(17)12-14/h6,8-9,12-13,16-17H,5,7,10-11H2,1-4H3. The van der Waals surface area contributed by atoms with E-state index in [-0.39, 0.29) is 5.75 Å². The summed E-state index contributed by atoms with van der Waals surface area (Å²) in [7, 11) is 2.38. The van der Waals surface area contributed by atoms with Crippen LogP contribution < -0.4 is 5.32 Å². The summed E-state index contributed by atoms with van der Waals surface area (Å²) in [4.78, 5) is 0. The highest BCUT2D eigenvalue weighted by molar-refractivity contribution is 6.60. The number of rotatable bonds is 10. The van der Waals surface area contributed by atoms with Crippen LogP contribution in [0.5, 0.6) is 5.75 Å². The molecule has 0 aliphatic heterocycles. The van der Waals surface area contributed by atoms with Gasteiger partial charge in [-0.05, 0) is 25.0 Å². The third-order valence-corrected chi connectivity index (χ3v) is 6.35. The van der Waals surface area contributed by atoms with E-state index in [1.165, 1.54) is 0 Å². The fraction of sp³-hybridized carbons (Fsp3) is 0.600. The Kier molecular flexibility index (Phi) is 7.74. The molecule has 1 atom stereocenters. The molecule has 0 spiro atoms. The Balaban J connectivity index is 2.65. The maximum absolute atomic E-state index is 9.54. The second-order valence-electron chi connectivity index (χ2n) is 5.01. The van der Waals surface area contributed by atoms with E-state index in [9.17, 15) is 5.11 Å². The summed E-state index contributed by atoms with van der Waals surface area (Å²) in [5.41, 5.74) is 0.924. The molecule has 0 bridgehead atoms. The summed E-state index contributed by atoms with van der Waals surface area (Å²) in [6.07, 6.45) is 3.01. The van der Waals surface area contributed by atoms with Crippen molar-refractivity contribution in [1.82, 2.24) is 0 Å². The maximum atomic E-state index is 9.54. The highest BCUT2D eigenvalue weighted by Crippen LogP contribution is 2.22. The SMILES string of the molecule is CCCC(CC[Si](OC)(OC)OC)Nc1cccc(O)c1. The number of anilines is 1. The molecule has 1 rings (SSSR count). The molecule has 0 aromatic heterocycles. The average molecular weight is 313 g/mol. The van der Waals surface area contributed by atoms with E-state index in [2.05, 4.69) is 12.2 Å². The molecule has 6 heteroatoms. The van der Waals surface area contributed by atoms with Gasteiger partial charge in [0, 0.05) is 45.2 Å². The van der Waals surface area contributed by atoms with Crippen LogP contribution in [0.1, 0.15) is 26.2 Å². The van der Waals surface area contributed by atoms with Gasteiger partial charge in [0.05, 0.1) is 0 Å². The summed E-state index contributed by atoms with van der Waals surface area (Å²) in [6, 6.07) is 8.24. The smallest absolute Gasteiger partial charge is 0.500 e. The topological polar surface area (TPSA) is 60.0 Å². The zero-order chi connectivity index (χ0) is 15.7. The minimum Gasteiger partial charge on any atom is -0.508 e. The monoisotopic (exact) mass is 313 g/mol. The Morgan fingerprint density at radius 2 is 1.81 bits per heavy atom. The quantitative estimate of drug-likeness (QED) is 0.649. The molecule has 0 fully saturated rings. The lowest BCUT2D eigenvalue weighted by atomic mass is 10.1. The molecule has 5 nitrogen and oxygen atoms in total. The van der Waals surface area contributed by atoms with Crippen molar-refractivity contribution < 1.29 is 18.4 Å². The molecular weight excluding hydrogens is 286 g/mol. The Hall–Kier alpha value is -1.08. The van der Waals surface area contributed by atoms with Crippen LogP contribution in [0.3, 0.4) is 0 Å². The first kappa shape index (κ1) is 18.0. The summed E-state index contributed by atoms with van der Waals surface area (Å²) in [5, 5.41) is 13.0. The predicted molar refractivity (Wildman–Crippen MR) is 86.6 cm³/mol. The second-order valence-corrected chi connectivity index (χ2v) is 8.11. The Labute approximate surface area is 128 Å². The largest absolute Gasteiger partial charge is 0.508 e. The Morgan fingerprint density at radius 1 is 1.14 bits per heavy atom. The van der Waals surface area contributed by atoms with Gasteiger partial charge in [-0.3, -0.25) is 0 Å². The summed E-state index contributed by atoms with van der Waals surface area (Å²) < 4.78 is 16.4. The first-order valence-corrected chi connectivity index (χ1v) is 9.23. The van der Waals surface area contributed by atoms with Crippen molar-refractivity contribution in [3.05, 3.63) is 24.3 Å². The molecule has 0 radical (unpaired) electrons. The van der Waals surface area contributed by atoms with E-state index in [0.717, 1.165) is 31.0 Å². The third kappa shape index (κ3) is 5.66. The lowest BCUT2D eigenvalue weighted by Crippen LogP contribution is -2.43. The number of hydrogen-bond acceptors (Lipinski definition) is 5. The fourth-order valence-electron chi connectivity index (χ4n) is 2.38. The minimum atomic E-state index is -2.53. The summed E-state index contributed by atoms with van der Waals surface area (Å²) in [5.74, 6) is 0.268. The van der Waals surface area contributed by atoms with Crippen LogP contribution >= 0.6 is 0 Å². The van der Waals surface area contributed by atoms with Crippen molar-refractivity contribution in [2.45, 2.75) is 38.3 Å². The van der Waals surface area contributed by atoms with Crippen LogP contribution in [0.2, 0.25) is 6.04 Å². The van der Waals surface area contributed by atoms with E-state index < -0.39 is 8.80 Å². The van der Waals surface area contributed by atoms with Gasteiger partial charge in [0.2, 0.25) is 0 Å². The molecule has 1 unspecified atom stereocenters. The van der Waals surface area contributed by atoms with Gasteiger partial charge in [0.25, 0.3) is 0 Å². The predicted octanol–water partition coefficient (Wildman–Crippen LogP) is 3.24. The number of phenols is 1. The molecule has 1 aromatic carbocycles. The Bertz CT molecular complexity index is 404. The lowest BCUT2D eigenvalue weighted by Gasteiger charge is -2.27. The van der Waals surface area contributed by atoms with Gasteiger partial charge in [-0.25, -0.2) is 0 Å². The number of phenolic OH excluding ortho intramolecular Hbond substituents is 1. The number of aromatic hydroxyl groups is 1. The molecule has 2 N–H and O–H groups in total. The number of benzene rings is 1. The molecule has 0 aliphatic carbocycles. The summed E-state index contributed by atoms with van der Waals surface area (Å²) >= 11 is 0.